The SMILES string of the molecule is C#C[Si](C)(C)c1ccc(Br)cc1. The van der Waals surface area contributed by atoms with Gasteiger partial charge in [0.25, 0.3) is 0 Å². The average Bonchev–Trinajstić information content (AvgIpc) is 2.05. The maximum atomic E-state index is 5.48. The highest BCUT2D eigenvalue weighted by atomic mass is 79.9. The molecule has 0 saturated carbocycles. The topological polar surface area (TPSA) is 0 Å². The Morgan fingerprint density at radius 3 is 2.17 bits per heavy atom. The number of hydrogen-bond donors (Lipinski definition) is 0. The molecule has 2 heteroatoms. The molecular weight excluding hydrogens is 228 g/mol. The lowest BCUT2D eigenvalue weighted by atomic mass is 10.4. The summed E-state index contributed by atoms with van der Waals surface area (Å²) >= 11 is 3.40. The van der Waals surface area contributed by atoms with Gasteiger partial charge in [0.05, 0.1) is 0 Å². The van der Waals surface area contributed by atoms with Crippen LogP contribution in [-0.4, -0.2) is 8.07 Å². The molecule has 0 spiro atoms. The Balaban J connectivity index is 3.07. The summed E-state index contributed by atoms with van der Waals surface area (Å²) in [6.07, 6.45) is 5.48. The van der Waals surface area contributed by atoms with Gasteiger partial charge in [-0.25, -0.2) is 0 Å². The first-order chi connectivity index (χ1) is 5.56. The van der Waals surface area contributed by atoms with Gasteiger partial charge in [-0.15, -0.1) is 12.0 Å². The zero-order chi connectivity index (χ0) is 9.19. The zero-order valence-electron chi connectivity index (χ0n) is 7.26. The van der Waals surface area contributed by atoms with Crippen molar-refractivity contribution in [2.24, 2.45) is 0 Å². The Kier molecular flexibility index (Phi) is 2.76. The van der Waals surface area contributed by atoms with E-state index in [-0.39, 0.29) is 0 Å². The van der Waals surface area contributed by atoms with E-state index in [1.165, 1.54) is 5.19 Å². The smallest absolute Gasteiger partial charge is 0.129 e. The standard InChI is InChI=1S/C10H11BrSi/c1-4-12(2,3)10-7-5-9(11)6-8-10/h1,5-8H,2-3H3. The van der Waals surface area contributed by atoms with E-state index in [1.54, 1.807) is 0 Å². The molecule has 0 aliphatic carbocycles. The van der Waals surface area contributed by atoms with Crippen molar-refractivity contribution in [2.75, 3.05) is 0 Å². The van der Waals surface area contributed by atoms with Gasteiger partial charge in [0.2, 0.25) is 0 Å². The summed E-state index contributed by atoms with van der Waals surface area (Å²) in [7, 11) is -1.57. The molecule has 0 N–H and O–H groups in total. The summed E-state index contributed by atoms with van der Waals surface area (Å²) in [5.74, 6) is 0. The molecule has 0 aliphatic rings. The second-order valence-electron chi connectivity index (χ2n) is 3.28. The minimum atomic E-state index is -1.57. The molecule has 12 heavy (non-hydrogen) atoms. The number of hydrogen-bond acceptors (Lipinski definition) is 0. The molecule has 0 nitrogen and oxygen atoms in total. The molecule has 0 fully saturated rings. The fourth-order valence-corrected chi connectivity index (χ4v) is 2.38. The fourth-order valence-electron chi connectivity index (χ4n) is 0.950. The molecule has 0 aromatic heterocycles. The second-order valence-corrected chi connectivity index (χ2v) is 8.31. The molecule has 1 aromatic carbocycles. The van der Waals surface area contributed by atoms with Crippen molar-refractivity contribution in [3.05, 3.63) is 28.7 Å². The molecule has 0 amide bonds. The lowest BCUT2D eigenvalue weighted by Gasteiger charge is -2.14. The van der Waals surface area contributed by atoms with Crippen molar-refractivity contribution in [1.82, 2.24) is 0 Å². The molecule has 0 heterocycles. The van der Waals surface area contributed by atoms with Crippen LogP contribution in [0.1, 0.15) is 0 Å². The van der Waals surface area contributed by atoms with Crippen LogP contribution < -0.4 is 5.19 Å². The van der Waals surface area contributed by atoms with Gasteiger partial charge < -0.3 is 0 Å². The van der Waals surface area contributed by atoms with E-state index in [0.717, 1.165) is 4.47 Å². The van der Waals surface area contributed by atoms with Crippen molar-refractivity contribution in [1.29, 1.82) is 0 Å². The molecule has 0 unspecified atom stereocenters. The average molecular weight is 239 g/mol. The Morgan fingerprint density at radius 2 is 1.75 bits per heavy atom. The minimum Gasteiger partial charge on any atom is -0.129 e. The first kappa shape index (κ1) is 9.56. The molecule has 0 aliphatic heterocycles. The summed E-state index contributed by atoms with van der Waals surface area (Å²) in [5.41, 5.74) is 2.90. The van der Waals surface area contributed by atoms with Gasteiger partial charge in [-0.2, -0.15) is 0 Å². The molecule has 1 rings (SSSR count). The maximum absolute atomic E-state index is 5.48. The summed E-state index contributed by atoms with van der Waals surface area (Å²) in [6.45, 7) is 4.35. The first-order valence-electron chi connectivity index (χ1n) is 3.80. The third-order valence-corrected chi connectivity index (χ3v) is 4.95. The summed E-state index contributed by atoms with van der Waals surface area (Å²) in [6, 6.07) is 8.30. The molecule has 0 saturated heterocycles. The van der Waals surface area contributed by atoms with E-state index in [9.17, 15) is 0 Å². The van der Waals surface area contributed by atoms with Crippen molar-refractivity contribution in [2.45, 2.75) is 13.1 Å². The molecule has 0 atom stereocenters. The van der Waals surface area contributed by atoms with Crippen LogP contribution in [0.25, 0.3) is 0 Å². The van der Waals surface area contributed by atoms with E-state index in [2.05, 4.69) is 46.7 Å². The van der Waals surface area contributed by atoms with E-state index in [1.807, 2.05) is 12.1 Å². The third kappa shape index (κ3) is 1.99. The highest BCUT2D eigenvalue weighted by Crippen LogP contribution is 2.08. The predicted octanol–water partition coefficient (Wildman–Crippen LogP) is 2.54. The fraction of sp³-hybridized carbons (Fsp3) is 0.200. The van der Waals surface area contributed by atoms with Crippen LogP contribution in [0.15, 0.2) is 28.7 Å². The Hall–Kier alpha value is -0.523. The monoisotopic (exact) mass is 238 g/mol. The normalized spacial score (nSPS) is 10.8. The molecule has 0 bridgehead atoms. The van der Waals surface area contributed by atoms with E-state index in [4.69, 9.17) is 6.42 Å². The Morgan fingerprint density at radius 1 is 1.25 bits per heavy atom. The lowest BCUT2D eigenvalue weighted by Crippen LogP contribution is -2.39. The maximum Gasteiger partial charge on any atom is 0.162 e. The molecule has 62 valence electrons. The quantitative estimate of drug-likeness (QED) is 0.522. The Bertz CT molecular complexity index is 306. The van der Waals surface area contributed by atoms with Crippen molar-refractivity contribution in [3.8, 4) is 12.0 Å². The van der Waals surface area contributed by atoms with E-state index < -0.39 is 8.07 Å². The van der Waals surface area contributed by atoms with Crippen LogP contribution in [0.2, 0.25) is 13.1 Å². The van der Waals surface area contributed by atoms with Gasteiger partial charge >= 0.3 is 0 Å². The molecule has 0 radical (unpaired) electrons. The van der Waals surface area contributed by atoms with Crippen LogP contribution in [-0.2, 0) is 0 Å². The lowest BCUT2D eigenvalue weighted by molar-refractivity contribution is 1.67. The highest BCUT2D eigenvalue weighted by molar-refractivity contribution is 9.10. The highest BCUT2D eigenvalue weighted by Gasteiger charge is 2.19. The second kappa shape index (κ2) is 3.47. The van der Waals surface area contributed by atoms with E-state index in [0.29, 0.717) is 0 Å². The predicted molar refractivity (Wildman–Crippen MR) is 60.1 cm³/mol. The summed E-state index contributed by atoms with van der Waals surface area (Å²) in [4.78, 5) is 0. The summed E-state index contributed by atoms with van der Waals surface area (Å²) < 4.78 is 1.10. The number of halogens is 1. The van der Waals surface area contributed by atoms with Crippen LogP contribution >= 0.6 is 15.9 Å². The Labute approximate surface area is 83.1 Å². The van der Waals surface area contributed by atoms with Gasteiger partial charge in [0.1, 0.15) is 0 Å². The van der Waals surface area contributed by atoms with Crippen LogP contribution in [0.5, 0.6) is 0 Å². The largest absolute Gasteiger partial charge is 0.162 e. The number of rotatable bonds is 1. The van der Waals surface area contributed by atoms with Gasteiger partial charge in [-0.05, 0) is 17.3 Å². The van der Waals surface area contributed by atoms with Crippen LogP contribution in [0.4, 0.5) is 0 Å². The number of benzene rings is 1. The third-order valence-electron chi connectivity index (χ3n) is 1.93. The summed E-state index contributed by atoms with van der Waals surface area (Å²) in [5, 5.41) is 1.31. The van der Waals surface area contributed by atoms with Crippen molar-refractivity contribution < 1.29 is 0 Å². The first-order valence-corrected chi connectivity index (χ1v) is 7.59. The van der Waals surface area contributed by atoms with Crippen molar-refractivity contribution >= 4 is 29.2 Å². The van der Waals surface area contributed by atoms with Gasteiger partial charge in [-0.1, -0.05) is 41.2 Å². The zero-order valence-corrected chi connectivity index (χ0v) is 9.85. The van der Waals surface area contributed by atoms with Crippen LogP contribution in [0, 0.1) is 12.0 Å². The van der Waals surface area contributed by atoms with Gasteiger partial charge in [0.15, 0.2) is 8.07 Å². The molecule has 1 aromatic rings. The number of terminal acetylenes is 1. The van der Waals surface area contributed by atoms with Crippen LogP contribution in [0.3, 0.4) is 0 Å². The molecular formula is C10H11BrSi. The van der Waals surface area contributed by atoms with Gasteiger partial charge in [-0.3, -0.25) is 0 Å². The van der Waals surface area contributed by atoms with Crippen molar-refractivity contribution in [3.63, 3.8) is 0 Å². The van der Waals surface area contributed by atoms with Gasteiger partial charge in [0, 0.05) is 4.47 Å². The van der Waals surface area contributed by atoms with E-state index >= 15 is 0 Å². The minimum absolute atomic E-state index is 1.10.